The number of carbonyl (C=O) groups is 4. The maximum Gasteiger partial charge on any atom is 0.333 e. The van der Waals surface area contributed by atoms with Gasteiger partial charge in [-0.15, -0.1) is 11.8 Å². The molecule has 1 unspecified atom stereocenters. The van der Waals surface area contributed by atoms with Crippen molar-refractivity contribution in [1.82, 2.24) is 20.1 Å². The van der Waals surface area contributed by atoms with E-state index in [0.717, 1.165) is 22.2 Å². The number of ketones is 2. The van der Waals surface area contributed by atoms with Gasteiger partial charge in [-0.1, -0.05) is 18.2 Å². The lowest BCUT2D eigenvalue weighted by atomic mass is 9.68. The van der Waals surface area contributed by atoms with Crippen LogP contribution in [0.4, 0.5) is 0 Å². The average molecular weight is 778 g/mol. The number of nitrogens with zero attached hydrogens (tertiary/aromatic N) is 3. The molecule has 15 heteroatoms. The number of esters is 2. The first-order chi connectivity index (χ1) is 27.0. The van der Waals surface area contributed by atoms with E-state index in [1.165, 1.54) is 25.8 Å². The number of hydrogen-bond donors (Lipinski definition) is 2. The van der Waals surface area contributed by atoms with Crippen molar-refractivity contribution in [1.29, 1.82) is 5.26 Å². The van der Waals surface area contributed by atoms with Gasteiger partial charge in [0.2, 0.25) is 12.6 Å². The Hall–Kier alpha value is -5.14. The zero-order valence-electron chi connectivity index (χ0n) is 31.4. The molecule has 0 saturated carbocycles. The standard InChI is InChI=1S/C41H39N5O9S/c1-17-32(48)22-12-24-25(13-42)46-26-14-52-40(50)41(39-21(10-11-43-41)20-8-6-7-9-23(20)44-39)15-56-38(31(46)30(45(24)4)27(22)33(49)35(17)51-5)29-28(26)37-36(53-16-54-37)18(2)34(29)55-19(3)47/h6-9,24-26,30-31,38,43-44H,10-12,14-16H2,1-5H3/t24-,25+,26+,30+,31?,38-,41-/m1/s1. The van der Waals surface area contributed by atoms with E-state index in [4.69, 9.17) is 23.7 Å². The predicted molar refractivity (Wildman–Crippen MR) is 201 cm³/mol. The lowest BCUT2D eigenvalue weighted by Gasteiger charge is -2.62. The number of ether oxygens (including phenoxy) is 5. The summed E-state index contributed by atoms with van der Waals surface area (Å²) >= 11 is 1.46. The number of aromatic amines is 1. The number of H-pyrrole nitrogens is 1. The van der Waals surface area contributed by atoms with E-state index in [-0.39, 0.29) is 48.5 Å². The highest BCUT2D eigenvalue weighted by molar-refractivity contribution is 7.99. The van der Waals surface area contributed by atoms with Crippen LogP contribution in [0.2, 0.25) is 0 Å². The number of Topliss-reactive ketones (excluding diaryl/α,β-unsaturated/α-hetero) is 2. The number of nitrogens with one attached hydrogen (secondary N) is 2. The Morgan fingerprint density at radius 3 is 2.64 bits per heavy atom. The first-order valence-corrected chi connectivity index (χ1v) is 19.8. The Morgan fingerprint density at radius 1 is 1.09 bits per heavy atom. The fourth-order valence-electron chi connectivity index (χ4n) is 10.6. The molecule has 8 aliphatic rings. The van der Waals surface area contributed by atoms with E-state index in [1.54, 1.807) is 6.92 Å². The molecular formula is C41H39N5O9S. The smallest absolute Gasteiger partial charge is 0.333 e. The number of allylic oxidation sites excluding steroid dienone is 2. The lowest BCUT2D eigenvalue weighted by Crippen LogP contribution is -2.73. The van der Waals surface area contributed by atoms with Crippen molar-refractivity contribution in [2.24, 2.45) is 0 Å². The van der Waals surface area contributed by atoms with Crippen molar-refractivity contribution in [3.05, 3.63) is 74.7 Å². The van der Waals surface area contributed by atoms with Crippen molar-refractivity contribution >= 4 is 46.2 Å². The summed E-state index contributed by atoms with van der Waals surface area (Å²) in [6.07, 6.45) is 0.865. The van der Waals surface area contributed by atoms with Crippen LogP contribution in [0.15, 0.2) is 46.7 Å². The molecule has 1 spiro atoms. The summed E-state index contributed by atoms with van der Waals surface area (Å²) in [5.41, 5.74) is 4.14. The van der Waals surface area contributed by atoms with E-state index < -0.39 is 52.9 Å². The zero-order chi connectivity index (χ0) is 38.9. The number of thioether (sulfide) groups is 1. The molecule has 1 aromatic heterocycles. The van der Waals surface area contributed by atoms with Crippen molar-refractivity contribution in [2.75, 3.05) is 39.9 Å². The minimum Gasteiger partial charge on any atom is -0.492 e. The zero-order valence-corrected chi connectivity index (χ0v) is 32.3. The largest absolute Gasteiger partial charge is 0.492 e. The third kappa shape index (κ3) is 4.49. The van der Waals surface area contributed by atoms with Gasteiger partial charge in [0, 0.05) is 75.6 Å². The van der Waals surface area contributed by atoms with E-state index >= 15 is 0 Å². The van der Waals surface area contributed by atoms with Crippen molar-refractivity contribution in [3.63, 3.8) is 0 Å². The summed E-state index contributed by atoms with van der Waals surface area (Å²) in [6.45, 7) is 4.99. The normalized spacial score (nSPS) is 30.8. The number of fused-ring (bicyclic) bond motifs is 10. The summed E-state index contributed by atoms with van der Waals surface area (Å²) in [5, 5.41) is 15.1. The molecule has 11 rings (SSSR count). The van der Waals surface area contributed by atoms with E-state index in [2.05, 4.69) is 26.2 Å². The van der Waals surface area contributed by atoms with Gasteiger partial charge < -0.3 is 28.7 Å². The van der Waals surface area contributed by atoms with Crippen molar-refractivity contribution in [2.45, 2.75) is 74.6 Å². The summed E-state index contributed by atoms with van der Waals surface area (Å²) in [7, 11) is 3.29. The highest BCUT2D eigenvalue weighted by Gasteiger charge is 2.63. The fourth-order valence-corrected chi connectivity index (χ4v) is 12.3. The summed E-state index contributed by atoms with van der Waals surface area (Å²) in [5.74, 6) is -0.337. The molecule has 4 bridgehead atoms. The summed E-state index contributed by atoms with van der Waals surface area (Å²) in [6, 6.07) is 7.05. The number of nitriles is 1. The molecule has 2 saturated heterocycles. The molecule has 0 radical (unpaired) electrons. The molecule has 3 aromatic rings. The molecule has 14 nitrogen and oxygen atoms in total. The number of methoxy groups -OCH3 is 1. The number of hydrogen-bond acceptors (Lipinski definition) is 14. The van der Waals surface area contributed by atoms with Crippen LogP contribution < -0.4 is 19.5 Å². The number of rotatable bonds is 2. The minimum atomic E-state index is -1.30. The van der Waals surface area contributed by atoms with Crippen LogP contribution in [0.25, 0.3) is 10.9 Å². The number of para-hydroxylation sites is 1. The van der Waals surface area contributed by atoms with Crippen LogP contribution in [0, 0.1) is 18.3 Å². The van der Waals surface area contributed by atoms with Crippen LogP contribution in [-0.4, -0.2) is 102 Å². The van der Waals surface area contributed by atoms with Gasteiger partial charge in [-0.25, -0.2) is 4.79 Å². The molecule has 0 amide bonds. The quantitative estimate of drug-likeness (QED) is 0.220. The average Bonchev–Trinajstić information content (AvgIpc) is 3.83. The van der Waals surface area contributed by atoms with Crippen LogP contribution in [-0.2, 0) is 40.6 Å². The monoisotopic (exact) mass is 777 g/mol. The van der Waals surface area contributed by atoms with Gasteiger partial charge in [-0.05, 0) is 45.4 Å². The Morgan fingerprint density at radius 2 is 1.88 bits per heavy atom. The van der Waals surface area contributed by atoms with Crippen LogP contribution in [0.5, 0.6) is 17.2 Å². The number of carbonyl (C=O) groups excluding carboxylic acids is 4. The molecule has 2 aromatic carbocycles. The van der Waals surface area contributed by atoms with E-state index in [9.17, 15) is 24.4 Å². The number of aromatic nitrogens is 1. The van der Waals surface area contributed by atoms with Gasteiger partial charge in [-0.3, -0.25) is 29.5 Å². The second kappa shape index (κ2) is 12.4. The first kappa shape index (κ1) is 35.3. The molecule has 1 aliphatic carbocycles. The fraction of sp³-hybridized carbons (Fsp3) is 0.439. The Labute approximate surface area is 326 Å². The van der Waals surface area contributed by atoms with Gasteiger partial charge in [0.15, 0.2) is 28.6 Å². The van der Waals surface area contributed by atoms with Crippen LogP contribution in [0.1, 0.15) is 59.5 Å². The second-order valence-electron chi connectivity index (χ2n) is 15.5. The molecule has 7 aliphatic heterocycles. The molecule has 2 fully saturated rings. The Bertz CT molecular complexity index is 2450. The van der Waals surface area contributed by atoms with Gasteiger partial charge in [0.25, 0.3) is 0 Å². The number of piperazine rings is 1. The Kier molecular flexibility index (Phi) is 7.83. The third-order valence-electron chi connectivity index (χ3n) is 12.9. The maximum atomic E-state index is 14.8. The first-order valence-electron chi connectivity index (χ1n) is 18.8. The van der Waals surface area contributed by atoms with E-state index in [1.807, 2.05) is 38.2 Å². The topological polar surface area (TPSA) is 173 Å². The number of benzene rings is 2. The van der Waals surface area contributed by atoms with Crippen LogP contribution in [0.3, 0.4) is 0 Å². The van der Waals surface area contributed by atoms with Gasteiger partial charge >= 0.3 is 11.9 Å². The summed E-state index contributed by atoms with van der Waals surface area (Å²) < 4.78 is 30.4. The molecule has 288 valence electrons. The third-order valence-corrected chi connectivity index (χ3v) is 14.4. The van der Waals surface area contributed by atoms with Crippen molar-refractivity contribution in [3.8, 4) is 23.3 Å². The van der Waals surface area contributed by atoms with Gasteiger partial charge in [-0.2, -0.15) is 5.26 Å². The van der Waals surface area contributed by atoms with Crippen LogP contribution >= 0.6 is 11.8 Å². The number of likely N-dealkylation sites (N-methyl/N-ethyl adjacent to an activating group) is 1. The highest BCUT2D eigenvalue weighted by Crippen LogP contribution is 2.63. The minimum absolute atomic E-state index is 0.00178. The van der Waals surface area contributed by atoms with Gasteiger partial charge in [0.1, 0.15) is 18.4 Å². The van der Waals surface area contributed by atoms with E-state index in [0.29, 0.717) is 58.1 Å². The molecule has 2 N–H and O–H groups in total. The maximum absolute atomic E-state index is 14.8. The van der Waals surface area contributed by atoms with Gasteiger partial charge in [0.05, 0.1) is 36.2 Å². The van der Waals surface area contributed by atoms with Crippen molar-refractivity contribution < 1.29 is 42.9 Å². The Balaban J connectivity index is 1.25. The molecular weight excluding hydrogens is 739 g/mol. The summed E-state index contributed by atoms with van der Waals surface area (Å²) in [4.78, 5) is 64.1. The SMILES string of the molecule is COC1=C(C)C(=O)C2=C(C1=O)[C@H]1C3[C@@H]4SC[C@]5(NCCc6c5[nH]c5ccccc65)C(=O)OC[C@@H](c5c6c(c(C)c(OC(C)=O)c54)OCO6)N3[C@@H](C#N)[C@@H](C2)N1C. The highest BCUT2D eigenvalue weighted by atomic mass is 32.2. The second-order valence-corrected chi connectivity index (χ2v) is 16.6. The molecule has 56 heavy (non-hydrogen) atoms. The molecule has 8 heterocycles. The predicted octanol–water partition coefficient (Wildman–Crippen LogP) is 3.58. The lowest BCUT2D eigenvalue weighted by molar-refractivity contribution is -0.157. The molecule has 7 atom stereocenters.